The Balaban J connectivity index is 1.92. The molecule has 0 aromatic carbocycles. The highest BCUT2D eigenvalue weighted by atomic mass is 16.2. The van der Waals surface area contributed by atoms with Gasteiger partial charge >= 0.3 is 0 Å². The molecule has 4 N–H and O–H groups in total. The first-order valence-corrected chi connectivity index (χ1v) is 6.94. The van der Waals surface area contributed by atoms with Crippen molar-refractivity contribution in [2.75, 3.05) is 6.54 Å². The molecule has 0 spiro atoms. The van der Waals surface area contributed by atoms with Crippen LogP contribution in [0.3, 0.4) is 0 Å². The standard InChI is InChI=1S/C13H23N3O2/c14-10-5-2-1-4-9(10)8-12(17)16-7-3-6-11(16)13(15)18/h9-11H,1-8,14H2,(H2,15,18). The van der Waals surface area contributed by atoms with Crippen LogP contribution in [0.15, 0.2) is 0 Å². The van der Waals surface area contributed by atoms with E-state index in [0.29, 0.717) is 19.4 Å². The minimum Gasteiger partial charge on any atom is -0.368 e. The van der Waals surface area contributed by atoms with Gasteiger partial charge < -0.3 is 16.4 Å². The summed E-state index contributed by atoms with van der Waals surface area (Å²) in [4.78, 5) is 25.2. The summed E-state index contributed by atoms with van der Waals surface area (Å²) in [6.45, 7) is 0.661. The van der Waals surface area contributed by atoms with Crippen molar-refractivity contribution < 1.29 is 9.59 Å². The Hall–Kier alpha value is -1.10. The van der Waals surface area contributed by atoms with Crippen molar-refractivity contribution in [3.8, 4) is 0 Å². The van der Waals surface area contributed by atoms with Crippen LogP contribution in [0, 0.1) is 5.92 Å². The van der Waals surface area contributed by atoms with Crippen molar-refractivity contribution in [2.45, 2.75) is 57.0 Å². The van der Waals surface area contributed by atoms with Gasteiger partial charge in [-0.25, -0.2) is 0 Å². The quantitative estimate of drug-likeness (QED) is 0.761. The number of nitrogens with two attached hydrogens (primary N) is 2. The molecular weight excluding hydrogens is 230 g/mol. The number of hydrogen-bond donors (Lipinski definition) is 2. The molecular formula is C13H23N3O2. The van der Waals surface area contributed by atoms with E-state index < -0.39 is 6.04 Å². The summed E-state index contributed by atoms with van der Waals surface area (Å²) in [6.07, 6.45) is 6.42. The van der Waals surface area contributed by atoms with Crippen molar-refractivity contribution in [1.82, 2.24) is 4.90 Å². The minimum atomic E-state index is -0.391. The Kier molecular flexibility index (Phi) is 4.22. The zero-order chi connectivity index (χ0) is 13.1. The Morgan fingerprint density at radius 3 is 2.50 bits per heavy atom. The van der Waals surface area contributed by atoms with Crippen LogP contribution in [0.4, 0.5) is 0 Å². The van der Waals surface area contributed by atoms with Gasteiger partial charge in [-0.15, -0.1) is 0 Å². The smallest absolute Gasteiger partial charge is 0.240 e. The molecule has 2 amide bonds. The van der Waals surface area contributed by atoms with Crippen molar-refractivity contribution in [3.05, 3.63) is 0 Å². The van der Waals surface area contributed by atoms with Gasteiger partial charge in [0.1, 0.15) is 6.04 Å². The summed E-state index contributed by atoms with van der Waals surface area (Å²) in [5, 5.41) is 0. The summed E-state index contributed by atoms with van der Waals surface area (Å²) in [5.41, 5.74) is 11.4. The van der Waals surface area contributed by atoms with Gasteiger partial charge in [-0.1, -0.05) is 12.8 Å². The molecule has 102 valence electrons. The zero-order valence-corrected chi connectivity index (χ0v) is 10.8. The average Bonchev–Trinajstić information content (AvgIpc) is 2.81. The fourth-order valence-corrected chi connectivity index (χ4v) is 3.19. The third-order valence-electron chi connectivity index (χ3n) is 4.31. The molecule has 18 heavy (non-hydrogen) atoms. The lowest BCUT2D eigenvalue weighted by atomic mass is 9.82. The van der Waals surface area contributed by atoms with Crippen LogP contribution < -0.4 is 11.5 Å². The molecule has 1 saturated heterocycles. The number of primary amides is 1. The number of hydrogen-bond acceptors (Lipinski definition) is 3. The van der Waals surface area contributed by atoms with Gasteiger partial charge in [0.05, 0.1) is 0 Å². The van der Waals surface area contributed by atoms with E-state index in [1.165, 1.54) is 6.42 Å². The van der Waals surface area contributed by atoms with E-state index in [0.717, 1.165) is 25.7 Å². The number of carbonyl (C=O) groups is 2. The topological polar surface area (TPSA) is 89.4 Å². The van der Waals surface area contributed by atoms with Crippen LogP contribution in [0.25, 0.3) is 0 Å². The monoisotopic (exact) mass is 253 g/mol. The molecule has 1 heterocycles. The van der Waals surface area contributed by atoms with Crippen LogP contribution in [-0.4, -0.2) is 35.3 Å². The molecule has 2 fully saturated rings. The molecule has 0 aromatic heterocycles. The maximum Gasteiger partial charge on any atom is 0.240 e. The van der Waals surface area contributed by atoms with E-state index in [1.54, 1.807) is 4.90 Å². The molecule has 1 saturated carbocycles. The molecule has 2 aliphatic rings. The number of nitrogens with zero attached hydrogens (tertiary/aromatic N) is 1. The lowest BCUT2D eigenvalue weighted by Crippen LogP contribution is -2.45. The third-order valence-corrected chi connectivity index (χ3v) is 4.31. The highest BCUT2D eigenvalue weighted by Crippen LogP contribution is 2.27. The Bertz CT molecular complexity index is 332. The van der Waals surface area contributed by atoms with E-state index in [2.05, 4.69) is 0 Å². The van der Waals surface area contributed by atoms with Gasteiger partial charge in [0.25, 0.3) is 0 Å². The first kappa shape index (κ1) is 13.3. The first-order valence-electron chi connectivity index (χ1n) is 6.94. The van der Waals surface area contributed by atoms with Crippen molar-refractivity contribution >= 4 is 11.8 Å². The number of likely N-dealkylation sites (tertiary alicyclic amines) is 1. The van der Waals surface area contributed by atoms with Crippen LogP contribution in [0.1, 0.15) is 44.9 Å². The average molecular weight is 253 g/mol. The number of amides is 2. The van der Waals surface area contributed by atoms with Crippen molar-refractivity contribution in [2.24, 2.45) is 17.4 Å². The lowest BCUT2D eigenvalue weighted by Gasteiger charge is -2.30. The van der Waals surface area contributed by atoms with Crippen LogP contribution in [-0.2, 0) is 9.59 Å². The van der Waals surface area contributed by atoms with Gasteiger partial charge in [-0.2, -0.15) is 0 Å². The molecule has 1 aliphatic carbocycles. The number of carbonyl (C=O) groups excluding carboxylic acids is 2. The largest absolute Gasteiger partial charge is 0.368 e. The summed E-state index contributed by atoms with van der Waals surface area (Å²) in [5.74, 6) is -0.0483. The maximum absolute atomic E-state index is 12.2. The molecule has 0 radical (unpaired) electrons. The second-order valence-electron chi connectivity index (χ2n) is 5.56. The zero-order valence-electron chi connectivity index (χ0n) is 10.8. The second kappa shape index (κ2) is 5.69. The predicted octanol–water partition coefficient (Wildman–Crippen LogP) is 0.370. The molecule has 0 aromatic rings. The molecule has 5 nitrogen and oxygen atoms in total. The highest BCUT2D eigenvalue weighted by Gasteiger charge is 2.34. The molecule has 0 bridgehead atoms. The Labute approximate surface area is 108 Å². The van der Waals surface area contributed by atoms with Crippen LogP contribution in [0.5, 0.6) is 0 Å². The second-order valence-corrected chi connectivity index (χ2v) is 5.56. The molecule has 5 heteroatoms. The Morgan fingerprint density at radius 1 is 1.11 bits per heavy atom. The highest BCUT2D eigenvalue weighted by molar-refractivity contribution is 5.87. The maximum atomic E-state index is 12.2. The van der Waals surface area contributed by atoms with E-state index in [-0.39, 0.29) is 23.8 Å². The molecule has 3 unspecified atom stereocenters. The van der Waals surface area contributed by atoms with Crippen LogP contribution >= 0.6 is 0 Å². The minimum absolute atomic E-state index is 0.0543. The van der Waals surface area contributed by atoms with Gasteiger partial charge in [0.15, 0.2) is 0 Å². The summed E-state index contributed by atoms with van der Waals surface area (Å²) >= 11 is 0. The van der Waals surface area contributed by atoms with E-state index in [4.69, 9.17) is 11.5 Å². The van der Waals surface area contributed by atoms with E-state index >= 15 is 0 Å². The van der Waals surface area contributed by atoms with Gasteiger partial charge in [-0.3, -0.25) is 9.59 Å². The van der Waals surface area contributed by atoms with Gasteiger partial charge in [0, 0.05) is 19.0 Å². The Morgan fingerprint density at radius 2 is 1.83 bits per heavy atom. The summed E-state index contributed by atoms with van der Waals surface area (Å²) in [7, 11) is 0. The number of rotatable bonds is 3. The van der Waals surface area contributed by atoms with E-state index in [9.17, 15) is 9.59 Å². The third kappa shape index (κ3) is 2.83. The normalized spacial score (nSPS) is 32.5. The summed E-state index contributed by atoms with van der Waals surface area (Å²) < 4.78 is 0. The first-order chi connectivity index (χ1) is 8.59. The molecule has 2 rings (SSSR count). The van der Waals surface area contributed by atoms with Gasteiger partial charge in [0.2, 0.25) is 11.8 Å². The molecule has 3 atom stereocenters. The lowest BCUT2D eigenvalue weighted by molar-refractivity contribution is -0.138. The SMILES string of the molecule is NC(=O)C1CCCN1C(=O)CC1CCCCC1N. The van der Waals surface area contributed by atoms with E-state index in [1.807, 2.05) is 0 Å². The fourth-order valence-electron chi connectivity index (χ4n) is 3.19. The van der Waals surface area contributed by atoms with Gasteiger partial charge in [-0.05, 0) is 31.6 Å². The fraction of sp³-hybridized carbons (Fsp3) is 0.846. The summed E-state index contributed by atoms with van der Waals surface area (Å²) in [6, 6.07) is -0.255. The van der Waals surface area contributed by atoms with Crippen molar-refractivity contribution in [3.63, 3.8) is 0 Å². The van der Waals surface area contributed by atoms with Crippen LogP contribution in [0.2, 0.25) is 0 Å². The molecule has 1 aliphatic heterocycles. The van der Waals surface area contributed by atoms with Crippen molar-refractivity contribution in [1.29, 1.82) is 0 Å². The predicted molar refractivity (Wildman–Crippen MR) is 68.5 cm³/mol.